The molecule has 0 amide bonds. The molecule has 1 aliphatic rings. The van der Waals surface area contributed by atoms with Crippen LogP contribution < -0.4 is 4.57 Å². The molecule has 1 aromatic rings. The summed E-state index contributed by atoms with van der Waals surface area (Å²) in [4.78, 5) is 0. The maximum absolute atomic E-state index is 2.70. The van der Waals surface area contributed by atoms with Crippen LogP contribution in [-0.4, -0.2) is 15.5 Å². The van der Waals surface area contributed by atoms with E-state index in [2.05, 4.69) is 62.6 Å². The SMILES string of the molecule is CC[Si](CC)N1CC(C(C)C)=Cc2ccccc21. The summed E-state index contributed by atoms with van der Waals surface area (Å²) in [6.45, 7) is 10.4. The molecule has 0 fully saturated rings. The summed E-state index contributed by atoms with van der Waals surface area (Å²) >= 11 is 0. The van der Waals surface area contributed by atoms with Gasteiger partial charge in [0.15, 0.2) is 8.96 Å². The topological polar surface area (TPSA) is 3.24 Å². The molecule has 0 saturated carbocycles. The minimum atomic E-state index is -0.409. The van der Waals surface area contributed by atoms with Gasteiger partial charge in [-0.3, -0.25) is 0 Å². The van der Waals surface area contributed by atoms with Crippen LogP contribution in [0.15, 0.2) is 29.8 Å². The number of anilines is 1. The van der Waals surface area contributed by atoms with E-state index in [4.69, 9.17) is 0 Å². The molecule has 1 aromatic carbocycles. The lowest BCUT2D eigenvalue weighted by molar-refractivity contribution is 0.745. The van der Waals surface area contributed by atoms with Gasteiger partial charge < -0.3 is 4.57 Å². The minimum Gasteiger partial charge on any atom is -0.393 e. The molecule has 1 aliphatic heterocycles. The smallest absolute Gasteiger partial charge is 0.169 e. The lowest BCUT2D eigenvalue weighted by Gasteiger charge is -2.37. The van der Waals surface area contributed by atoms with Crippen molar-refractivity contribution < 1.29 is 0 Å². The first-order valence-electron chi connectivity index (χ1n) is 7.09. The average molecular weight is 258 g/mol. The second-order valence-corrected chi connectivity index (χ2v) is 8.38. The average Bonchev–Trinajstić information content (AvgIpc) is 2.39. The Morgan fingerprint density at radius 3 is 2.44 bits per heavy atom. The highest BCUT2D eigenvalue weighted by atomic mass is 28.3. The number of hydrogen-bond acceptors (Lipinski definition) is 1. The molecule has 2 rings (SSSR count). The predicted octanol–water partition coefficient (Wildman–Crippen LogP) is 4.58. The summed E-state index contributed by atoms with van der Waals surface area (Å²) in [5.74, 6) is 0.651. The van der Waals surface area contributed by atoms with E-state index in [1.54, 1.807) is 5.57 Å². The Bertz CT molecular complexity index is 432. The van der Waals surface area contributed by atoms with Crippen molar-refractivity contribution in [1.82, 2.24) is 0 Å². The highest BCUT2D eigenvalue weighted by Crippen LogP contribution is 2.32. The molecule has 18 heavy (non-hydrogen) atoms. The Morgan fingerprint density at radius 2 is 1.83 bits per heavy atom. The molecule has 0 bridgehead atoms. The van der Waals surface area contributed by atoms with Crippen molar-refractivity contribution in [1.29, 1.82) is 0 Å². The number of nitrogens with zero attached hydrogens (tertiary/aromatic N) is 1. The zero-order valence-corrected chi connectivity index (χ0v) is 13.0. The molecule has 1 nitrogen and oxygen atoms in total. The third-order valence-corrected chi connectivity index (χ3v) is 6.64. The van der Waals surface area contributed by atoms with E-state index in [-0.39, 0.29) is 0 Å². The van der Waals surface area contributed by atoms with Gasteiger partial charge in [-0.15, -0.1) is 0 Å². The second-order valence-electron chi connectivity index (χ2n) is 5.29. The summed E-state index contributed by atoms with van der Waals surface area (Å²) < 4.78 is 2.70. The summed E-state index contributed by atoms with van der Waals surface area (Å²) in [7, 11) is -0.409. The van der Waals surface area contributed by atoms with Gasteiger partial charge in [-0.25, -0.2) is 0 Å². The van der Waals surface area contributed by atoms with Gasteiger partial charge in [0, 0.05) is 12.2 Å². The first-order valence-corrected chi connectivity index (χ1v) is 8.95. The highest BCUT2D eigenvalue weighted by Gasteiger charge is 2.25. The lowest BCUT2D eigenvalue weighted by Crippen LogP contribution is -2.42. The van der Waals surface area contributed by atoms with Crippen LogP contribution in [0.5, 0.6) is 0 Å². The molecule has 0 saturated heterocycles. The molecule has 0 N–H and O–H groups in total. The van der Waals surface area contributed by atoms with Crippen molar-refractivity contribution in [2.24, 2.45) is 5.92 Å². The number of hydrogen-bond donors (Lipinski definition) is 0. The minimum absolute atomic E-state index is 0.409. The van der Waals surface area contributed by atoms with E-state index in [1.807, 2.05) is 0 Å². The summed E-state index contributed by atoms with van der Waals surface area (Å²) in [5, 5.41) is 0. The van der Waals surface area contributed by atoms with E-state index in [1.165, 1.54) is 23.3 Å². The molecule has 97 valence electrons. The fourth-order valence-electron chi connectivity index (χ4n) is 2.63. The van der Waals surface area contributed by atoms with Gasteiger partial charge in [0.05, 0.1) is 0 Å². The predicted molar refractivity (Wildman–Crippen MR) is 83.3 cm³/mol. The highest BCUT2D eigenvalue weighted by molar-refractivity contribution is 6.63. The van der Waals surface area contributed by atoms with E-state index in [9.17, 15) is 0 Å². The Labute approximate surface area is 113 Å². The van der Waals surface area contributed by atoms with E-state index < -0.39 is 8.96 Å². The van der Waals surface area contributed by atoms with Crippen molar-refractivity contribution in [2.75, 3.05) is 11.1 Å². The number of para-hydroxylation sites is 1. The molecular weight excluding hydrogens is 234 g/mol. The van der Waals surface area contributed by atoms with Crippen LogP contribution in [0, 0.1) is 5.92 Å². The molecule has 1 heterocycles. The maximum atomic E-state index is 2.70. The summed E-state index contributed by atoms with van der Waals surface area (Å²) in [6, 6.07) is 11.5. The van der Waals surface area contributed by atoms with E-state index in [0.717, 1.165) is 6.54 Å². The van der Waals surface area contributed by atoms with Gasteiger partial charge in [-0.2, -0.15) is 0 Å². The third-order valence-electron chi connectivity index (χ3n) is 3.85. The van der Waals surface area contributed by atoms with Crippen LogP contribution in [0.25, 0.3) is 6.08 Å². The largest absolute Gasteiger partial charge is 0.393 e. The zero-order chi connectivity index (χ0) is 13.1. The van der Waals surface area contributed by atoms with Gasteiger partial charge in [0.2, 0.25) is 0 Å². The number of fused-ring (bicyclic) bond motifs is 1. The Hall–Kier alpha value is -1.02. The molecule has 0 unspecified atom stereocenters. The van der Waals surface area contributed by atoms with Crippen LogP contribution in [0.4, 0.5) is 5.69 Å². The number of rotatable bonds is 4. The first kappa shape index (κ1) is 13.4. The van der Waals surface area contributed by atoms with Gasteiger partial charge >= 0.3 is 0 Å². The number of benzene rings is 1. The quantitative estimate of drug-likeness (QED) is 0.715. The van der Waals surface area contributed by atoms with Crippen molar-refractivity contribution in [2.45, 2.75) is 39.8 Å². The molecule has 1 radical (unpaired) electrons. The normalized spacial score (nSPS) is 15.0. The van der Waals surface area contributed by atoms with Crippen molar-refractivity contribution in [3.63, 3.8) is 0 Å². The third kappa shape index (κ3) is 2.53. The molecule has 0 atom stereocenters. The molecule has 0 aromatic heterocycles. The van der Waals surface area contributed by atoms with Crippen LogP contribution in [0.2, 0.25) is 12.1 Å². The fourth-order valence-corrected chi connectivity index (χ4v) is 4.85. The lowest BCUT2D eigenvalue weighted by atomic mass is 9.96. The van der Waals surface area contributed by atoms with Crippen LogP contribution >= 0.6 is 0 Å². The van der Waals surface area contributed by atoms with Crippen molar-refractivity contribution in [3.05, 3.63) is 35.4 Å². The zero-order valence-electron chi connectivity index (χ0n) is 12.0. The van der Waals surface area contributed by atoms with E-state index >= 15 is 0 Å². The molecule has 0 spiro atoms. The molecule has 0 aliphatic carbocycles. The van der Waals surface area contributed by atoms with Gasteiger partial charge in [0.1, 0.15) is 0 Å². The Morgan fingerprint density at radius 1 is 1.17 bits per heavy atom. The van der Waals surface area contributed by atoms with Crippen LogP contribution in [0.1, 0.15) is 33.3 Å². The standard InChI is InChI=1S/C16H24NSi/c1-5-18(6-2)17-12-15(13(3)4)11-14-9-7-8-10-16(14)17/h7-11,13H,5-6,12H2,1-4H3. The molecular formula is C16H24NSi. The van der Waals surface area contributed by atoms with Crippen LogP contribution in [-0.2, 0) is 0 Å². The molecule has 2 heteroatoms. The van der Waals surface area contributed by atoms with E-state index in [0.29, 0.717) is 5.92 Å². The van der Waals surface area contributed by atoms with Crippen molar-refractivity contribution in [3.8, 4) is 0 Å². The van der Waals surface area contributed by atoms with Gasteiger partial charge in [-0.1, -0.05) is 52.0 Å². The maximum Gasteiger partial charge on any atom is 0.169 e. The van der Waals surface area contributed by atoms with Crippen molar-refractivity contribution >= 4 is 20.7 Å². The van der Waals surface area contributed by atoms with Crippen LogP contribution in [0.3, 0.4) is 0 Å². The first-order chi connectivity index (χ1) is 8.67. The Balaban J connectivity index is 2.41. The summed E-state index contributed by atoms with van der Waals surface area (Å²) in [5.41, 5.74) is 4.45. The monoisotopic (exact) mass is 258 g/mol. The summed E-state index contributed by atoms with van der Waals surface area (Å²) in [6.07, 6.45) is 2.40. The second kappa shape index (κ2) is 5.74. The fraction of sp³-hybridized carbons (Fsp3) is 0.500. The van der Waals surface area contributed by atoms with Gasteiger partial charge in [0.25, 0.3) is 0 Å². The van der Waals surface area contributed by atoms with Gasteiger partial charge in [-0.05, 0) is 35.2 Å². The Kier molecular flexibility index (Phi) is 4.28.